The zero-order valence-electron chi connectivity index (χ0n) is 18.5. The van der Waals surface area contributed by atoms with Crippen LogP contribution in [0.1, 0.15) is 76.1 Å². The Morgan fingerprint density at radius 1 is 1.13 bits per heavy atom. The average Bonchev–Trinajstić information content (AvgIpc) is 3.15. The highest BCUT2D eigenvalue weighted by molar-refractivity contribution is 6.67. The third-order valence-electron chi connectivity index (χ3n) is 9.12. The molecule has 0 amide bonds. The summed E-state index contributed by atoms with van der Waals surface area (Å²) in [5.74, 6) is 3.19. The molecule has 3 heterocycles. The molecule has 0 radical (unpaired) electrons. The van der Waals surface area contributed by atoms with Gasteiger partial charge in [-0.2, -0.15) is 5.10 Å². The molecule has 8 rings (SSSR count). The third kappa shape index (κ3) is 2.45. The summed E-state index contributed by atoms with van der Waals surface area (Å²) >= 11 is 0. The van der Waals surface area contributed by atoms with Crippen LogP contribution < -0.4 is 5.46 Å². The first-order valence-corrected chi connectivity index (χ1v) is 12.1. The summed E-state index contributed by atoms with van der Waals surface area (Å²) in [6.45, 7) is 7.95. The first-order valence-electron chi connectivity index (χ1n) is 12.1. The molecule has 7 aliphatic rings. The molecule has 5 heteroatoms. The van der Waals surface area contributed by atoms with Crippen molar-refractivity contribution in [2.45, 2.75) is 71.3 Å². The molecule has 5 fully saturated rings. The molecule has 4 saturated carbocycles. The Bertz CT molecular complexity index is 982. The minimum atomic E-state index is -0.114. The Labute approximate surface area is 180 Å². The summed E-state index contributed by atoms with van der Waals surface area (Å²) < 4.78 is 6.59. The topological polar surface area (TPSA) is 37.7 Å². The molecular weight excluding hydrogens is 369 g/mol. The molecule has 30 heavy (non-hydrogen) atoms. The van der Waals surface area contributed by atoms with E-state index in [4.69, 9.17) is 14.7 Å². The van der Waals surface area contributed by atoms with Crippen LogP contribution in [0.5, 0.6) is 0 Å². The van der Waals surface area contributed by atoms with Crippen molar-refractivity contribution in [1.82, 2.24) is 9.90 Å². The van der Waals surface area contributed by atoms with Crippen molar-refractivity contribution >= 4 is 24.3 Å². The standard InChI is InChI=1S/C25H32BN3O/c1-24(2)7-8-29-26(30-24)19-14-27-20-6-4-5-18(20)22(19)23(28-29)21-16-9-15-10-17(21)13-25(3,11-15)12-16/h4-5,14-17,21H,6-13H2,1-3H3/t15?,16-,17+,21?,25?. The number of hydrogen-bond donors (Lipinski definition) is 0. The highest BCUT2D eigenvalue weighted by Crippen LogP contribution is 2.62. The van der Waals surface area contributed by atoms with E-state index in [0.29, 0.717) is 11.3 Å². The Morgan fingerprint density at radius 2 is 1.93 bits per heavy atom. The average molecular weight is 401 g/mol. The van der Waals surface area contributed by atoms with Gasteiger partial charge in [0.1, 0.15) is 0 Å². The van der Waals surface area contributed by atoms with Gasteiger partial charge in [-0.05, 0) is 75.5 Å². The smallest absolute Gasteiger partial charge is 0.407 e. The molecule has 1 aromatic heterocycles. The third-order valence-corrected chi connectivity index (χ3v) is 9.12. The first kappa shape index (κ1) is 18.0. The summed E-state index contributed by atoms with van der Waals surface area (Å²) in [6.07, 6.45) is 15.8. The van der Waals surface area contributed by atoms with E-state index in [0.717, 1.165) is 37.1 Å². The summed E-state index contributed by atoms with van der Waals surface area (Å²) in [7, 11) is -0.0892. The highest BCUT2D eigenvalue weighted by Gasteiger charge is 2.56. The SMILES string of the molecule is CC12CC3C[C@H](C1)C(C1=NN4CCC(C)(C)OB4c4cnc5c(c41)C=CC5)[C@@H](C3)C2. The van der Waals surface area contributed by atoms with E-state index in [-0.39, 0.29) is 12.7 Å². The molecule has 4 bridgehead atoms. The maximum atomic E-state index is 6.59. The maximum Gasteiger partial charge on any atom is 0.471 e. The summed E-state index contributed by atoms with van der Waals surface area (Å²) in [6, 6.07) is 0. The second-order valence-corrected chi connectivity index (χ2v) is 12.0. The predicted molar refractivity (Wildman–Crippen MR) is 121 cm³/mol. The fraction of sp³-hybridized carbons (Fsp3) is 0.680. The fourth-order valence-electron chi connectivity index (χ4n) is 8.23. The largest absolute Gasteiger partial charge is 0.471 e. The number of allylic oxidation sites excluding steroid dienone is 1. The van der Waals surface area contributed by atoms with Crippen LogP contribution in [0.15, 0.2) is 17.4 Å². The summed E-state index contributed by atoms with van der Waals surface area (Å²) in [5.41, 5.74) is 7.06. The van der Waals surface area contributed by atoms with Crippen LogP contribution in [0.25, 0.3) is 6.08 Å². The van der Waals surface area contributed by atoms with Crippen molar-refractivity contribution in [2.75, 3.05) is 6.54 Å². The van der Waals surface area contributed by atoms with E-state index >= 15 is 0 Å². The van der Waals surface area contributed by atoms with E-state index in [2.05, 4.69) is 44.0 Å². The van der Waals surface area contributed by atoms with Gasteiger partial charge in [-0.25, -0.2) is 0 Å². The maximum absolute atomic E-state index is 6.59. The number of hydrogen-bond acceptors (Lipinski definition) is 4. The fourth-order valence-corrected chi connectivity index (χ4v) is 8.23. The minimum Gasteiger partial charge on any atom is -0.407 e. The lowest BCUT2D eigenvalue weighted by atomic mass is 9.45. The van der Waals surface area contributed by atoms with Crippen LogP contribution in [0.2, 0.25) is 0 Å². The number of hydrazone groups is 1. The molecule has 3 unspecified atom stereocenters. The zero-order valence-corrected chi connectivity index (χ0v) is 18.5. The molecule has 1 saturated heterocycles. The van der Waals surface area contributed by atoms with Crippen molar-refractivity contribution in [3.8, 4) is 0 Å². The zero-order chi connectivity index (χ0) is 20.3. The van der Waals surface area contributed by atoms with Gasteiger partial charge in [0.15, 0.2) is 0 Å². The number of aromatic nitrogens is 1. The molecule has 0 aromatic carbocycles. The minimum absolute atomic E-state index is 0.0892. The summed E-state index contributed by atoms with van der Waals surface area (Å²) in [5, 5.41) is 5.42. The number of rotatable bonds is 1. The molecule has 2 aliphatic heterocycles. The Morgan fingerprint density at radius 3 is 2.70 bits per heavy atom. The van der Waals surface area contributed by atoms with Gasteiger partial charge in [-0.3, -0.25) is 4.98 Å². The Balaban J connectivity index is 1.38. The van der Waals surface area contributed by atoms with E-state index in [1.165, 1.54) is 60.1 Å². The lowest BCUT2D eigenvalue weighted by Gasteiger charge is -2.60. The van der Waals surface area contributed by atoms with Crippen molar-refractivity contribution < 1.29 is 4.65 Å². The van der Waals surface area contributed by atoms with Gasteiger partial charge in [-0.15, -0.1) is 0 Å². The van der Waals surface area contributed by atoms with E-state index in [1.54, 1.807) is 0 Å². The van der Waals surface area contributed by atoms with Gasteiger partial charge in [0.05, 0.1) is 11.4 Å². The van der Waals surface area contributed by atoms with Crippen molar-refractivity contribution in [3.05, 3.63) is 29.1 Å². The molecular formula is C25H32BN3O. The predicted octanol–water partition coefficient (Wildman–Crippen LogP) is 4.03. The van der Waals surface area contributed by atoms with Crippen LogP contribution in [0, 0.1) is 29.1 Å². The van der Waals surface area contributed by atoms with Crippen LogP contribution >= 0.6 is 0 Å². The van der Waals surface area contributed by atoms with E-state index in [9.17, 15) is 0 Å². The molecule has 5 atom stereocenters. The molecule has 0 N–H and O–H groups in total. The van der Waals surface area contributed by atoms with E-state index < -0.39 is 0 Å². The Hall–Kier alpha value is -1.62. The van der Waals surface area contributed by atoms with Gasteiger partial charge >= 0.3 is 7.05 Å². The molecule has 5 aliphatic carbocycles. The quantitative estimate of drug-likeness (QED) is 0.667. The lowest BCUT2D eigenvalue weighted by Crippen LogP contribution is -2.62. The normalized spacial score (nSPS) is 39.6. The first-order chi connectivity index (χ1) is 14.4. The van der Waals surface area contributed by atoms with Crippen molar-refractivity contribution in [2.24, 2.45) is 34.2 Å². The van der Waals surface area contributed by atoms with Gasteiger partial charge in [0, 0.05) is 47.3 Å². The van der Waals surface area contributed by atoms with Crippen LogP contribution in [-0.2, 0) is 11.1 Å². The number of nitrogens with zero attached hydrogens (tertiary/aromatic N) is 3. The molecule has 4 nitrogen and oxygen atoms in total. The molecule has 156 valence electrons. The van der Waals surface area contributed by atoms with Crippen LogP contribution in [0.4, 0.5) is 0 Å². The van der Waals surface area contributed by atoms with Crippen LogP contribution in [-0.4, -0.2) is 34.8 Å². The molecule has 1 aromatic rings. The van der Waals surface area contributed by atoms with Crippen molar-refractivity contribution in [3.63, 3.8) is 0 Å². The van der Waals surface area contributed by atoms with Gasteiger partial charge in [0.25, 0.3) is 0 Å². The monoisotopic (exact) mass is 401 g/mol. The van der Waals surface area contributed by atoms with Crippen molar-refractivity contribution in [1.29, 1.82) is 0 Å². The second-order valence-electron chi connectivity index (χ2n) is 12.0. The Kier molecular flexibility index (Phi) is 3.47. The van der Waals surface area contributed by atoms with Gasteiger partial charge in [0.2, 0.25) is 0 Å². The van der Waals surface area contributed by atoms with Crippen LogP contribution in [0.3, 0.4) is 0 Å². The summed E-state index contributed by atoms with van der Waals surface area (Å²) in [4.78, 5) is 7.12. The van der Waals surface area contributed by atoms with E-state index in [1.807, 2.05) is 0 Å². The highest BCUT2D eigenvalue weighted by atomic mass is 16.5. The number of fused-ring (bicyclic) bond motifs is 5. The second kappa shape index (κ2) is 5.79. The molecule has 0 spiro atoms. The van der Waals surface area contributed by atoms with Gasteiger partial charge in [-0.1, -0.05) is 19.1 Å². The number of pyridine rings is 1. The van der Waals surface area contributed by atoms with Gasteiger partial charge < -0.3 is 9.57 Å². The lowest BCUT2D eigenvalue weighted by molar-refractivity contribution is -0.0640.